The lowest BCUT2D eigenvalue weighted by Gasteiger charge is -2.26. The Labute approximate surface area is 148 Å². The number of hydrogen-bond acceptors (Lipinski definition) is 6. The van der Waals surface area contributed by atoms with Gasteiger partial charge in [0.2, 0.25) is 5.91 Å². The largest absolute Gasteiger partial charge is 0.379 e. The van der Waals surface area contributed by atoms with E-state index in [-0.39, 0.29) is 18.2 Å². The van der Waals surface area contributed by atoms with Crippen molar-refractivity contribution in [1.82, 2.24) is 25.1 Å². The minimum absolute atomic E-state index is 0.0348. The average Bonchev–Trinajstić information content (AvgIpc) is 2.67. The van der Waals surface area contributed by atoms with Crippen LogP contribution in [-0.4, -0.2) is 84.1 Å². The molecule has 0 aromatic carbocycles. The van der Waals surface area contributed by atoms with Gasteiger partial charge in [-0.05, 0) is 19.9 Å². The fourth-order valence-electron chi connectivity index (χ4n) is 2.65. The molecule has 1 aliphatic heterocycles. The number of hydrogen-bond donors (Lipinski definition) is 1. The van der Waals surface area contributed by atoms with Crippen molar-refractivity contribution in [2.24, 2.45) is 0 Å². The maximum atomic E-state index is 12.3. The van der Waals surface area contributed by atoms with Gasteiger partial charge in [0.15, 0.2) is 0 Å². The predicted molar refractivity (Wildman–Crippen MR) is 93.1 cm³/mol. The van der Waals surface area contributed by atoms with Crippen LogP contribution in [0.25, 0.3) is 0 Å². The molecule has 0 atom stereocenters. The molecule has 1 fully saturated rings. The van der Waals surface area contributed by atoms with Crippen molar-refractivity contribution in [1.29, 1.82) is 0 Å². The smallest absolute Gasteiger partial charge is 0.274 e. The number of rotatable bonds is 9. The SMILES string of the molecule is CCN(CCC(=O)NCCCN1CCOCC1)C(=O)c1cnccn1. The van der Waals surface area contributed by atoms with E-state index in [1.54, 1.807) is 4.90 Å². The molecule has 0 unspecified atom stereocenters. The summed E-state index contributed by atoms with van der Waals surface area (Å²) in [5.41, 5.74) is 0.301. The monoisotopic (exact) mass is 349 g/mol. The fraction of sp³-hybridized carbons (Fsp3) is 0.647. The lowest BCUT2D eigenvalue weighted by molar-refractivity contribution is -0.121. The molecule has 0 radical (unpaired) electrons. The van der Waals surface area contributed by atoms with Gasteiger partial charge in [-0.1, -0.05) is 0 Å². The van der Waals surface area contributed by atoms with Crippen molar-refractivity contribution >= 4 is 11.8 Å². The van der Waals surface area contributed by atoms with E-state index >= 15 is 0 Å². The maximum absolute atomic E-state index is 12.3. The summed E-state index contributed by atoms with van der Waals surface area (Å²) in [6.45, 7) is 7.91. The third-order valence-corrected chi connectivity index (χ3v) is 4.14. The van der Waals surface area contributed by atoms with E-state index < -0.39 is 0 Å². The maximum Gasteiger partial charge on any atom is 0.274 e. The number of nitrogens with zero attached hydrogens (tertiary/aromatic N) is 4. The van der Waals surface area contributed by atoms with Gasteiger partial charge in [0.25, 0.3) is 5.91 Å². The van der Waals surface area contributed by atoms with Crippen LogP contribution >= 0.6 is 0 Å². The average molecular weight is 349 g/mol. The molecular formula is C17H27N5O3. The molecule has 8 heteroatoms. The highest BCUT2D eigenvalue weighted by Crippen LogP contribution is 2.01. The van der Waals surface area contributed by atoms with Crippen LogP contribution in [-0.2, 0) is 9.53 Å². The van der Waals surface area contributed by atoms with Crippen molar-refractivity contribution in [3.8, 4) is 0 Å². The highest BCUT2D eigenvalue weighted by atomic mass is 16.5. The lowest BCUT2D eigenvalue weighted by atomic mass is 10.3. The minimum Gasteiger partial charge on any atom is -0.379 e. The zero-order valence-electron chi connectivity index (χ0n) is 14.8. The summed E-state index contributed by atoms with van der Waals surface area (Å²) in [4.78, 5) is 36.1. The third-order valence-electron chi connectivity index (χ3n) is 4.14. The van der Waals surface area contributed by atoms with Gasteiger partial charge in [-0.3, -0.25) is 19.5 Å². The fourth-order valence-corrected chi connectivity index (χ4v) is 2.65. The molecule has 1 N–H and O–H groups in total. The molecule has 0 spiro atoms. The van der Waals surface area contributed by atoms with Gasteiger partial charge in [0.05, 0.1) is 19.4 Å². The summed E-state index contributed by atoms with van der Waals surface area (Å²) in [5.74, 6) is -0.233. The highest BCUT2D eigenvalue weighted by Gasteiger charge is 2.16. The van der Waals surface area contributed by atoms with Crippen LogP contribution < -0.4 is 5.32 Å². The Kier molecular flexibility index (Phi) is 8.27. The summed E-state index contributed by atoms with van der Waals surface area (Å²) >= 11 is 0. The molecule has 0 bridgehead atoms. The number of amides is 2. The van der Waals surface area contributed by atoms with Gasteiger partial charge in [-0.15, -0.1) is 0 Å². The molecule has 2 rings (SSSR count). The Morgan fingerprint density at radius 2 is 2.12 bits per heavy atom. The number of carbonyl (C=O) groups excluding carboxylic acids is 2. The van der Waals surface area contributed by atoms with Crippen molar-refractivity contribution in [3.05, 3.63) is 24.3 Å². The Hall–Kier alpha value is -2.06. The third kappa shape index (κ3) is 6.75. The van der Waals surface area contributed by atoms with Gasteiger partial charge in [0.1, 0.15) is 5.69 Å². The van der Waals surface area contributed by atoms with Gasteiger partial charge >= 0.3 is 0 Å². The van der Waals surface area contributed by atoms with Gasteiger partial charge < -0.3 is 15.0 Å². The molecule has 1 aromatic heterocycles. The van der Waals surface area contributed by atoms with E-state index in [1.807, 2.05) is 6.92 Å². The minimum atomic E-state index is -0.198. The molecule has 1 aromatic rings. The second-order valence-electron chi connectivity index (χ2n) is 5.88. The van der Waals surface area contributed by atoms with E-state index in [0.717, 1.165) is 39.3 Å². The number of nitrogens with one attached hydrogen (secondary N) is 1. The Morgan fingerprint density at radius 1 is 1.32 bits per heavy atom. The molecular weight excluding hydrogens is 322 g/mol. The molecule has 2 amide bonds. The number of aromatic nitrogens is 2. The molecule has 138 valence electrons. The molecule has 1 aliphatic rings. The second-order valence-corrected chi connectivity index (χ2v) is 5.88. The van der Waals surface area contributed by atoms with Crippen molar-refractivity contribution in [2.45, 2.75) is 19.8 Å². The van der Waals surface area contributed by atoms with E-state index in [2.05, 4.69) is 20.2 Å². The first-order valence-electron chi connectivity index (χ1n) is 8.82. The molecule has 0 saturated carbocycles. The number of ether oxygens (including phenoxy) is 1. The van der Waals surface area contributed by atoms with Crippen LogP contribution in [0.2, 0.25) is 0 Å². The van der Waals surface area contributed by atoms with E-state index in [1.165, 1.54) is 18.6 Å². The quantitative estimate of drug-likeness (QED) is 0.640. The Bertz CT molecular complexity index is 534. The zero-order valence-corrected chi connectivity index (χ0v) is 14.8. The van der Waals surface area contributed by atoms with Gasteiger partial charge in [-0.25, -0.2) is 4.98 Å². The number of carbonyl (C=O) groups is 2. The van der Waals surface area contributed by atoms with E-state index in [9.17, 15) is 9.59 Å². The summed E-state index contributed by atoms with van der Waals surface area (Å²) in [7, 11) is 0. The van der Waals surface area contributed by atoms with Gasteiger partial charge in [0, 0.05) is 51.5 Å². The van der Waals surface area contributed by atoms with Crippen LogP contribution in [0.5, 0.6) is 0 Å². The van der Waals surface area contributed by atoms with Gasteiger partial charge in [-0.2, -0.15) is 0 Å². The first-order chi connectivity index (χ1) is 12.2. The van der Waals surface area contributed by atoms with Crippen LogP contribution in [0.1, 0.15) is 30.3 Å². The Morgan fingerprint density at radius 3 is 2.80 bits per heavy atom. The summed E-state index contributed by atoms with van der Waals surface area (Å²) in [6.07, 6.45) is 5.66. The summed E-state index contributed by atoms with van der Waals surface area (Å²) < 4.78 is 5.31. The zero-order chi connectivity index (χ0) is 17.9. The van der Waals surface area contributed by atoms with Crippen molar-refractivity contribution < 1.29 is 14.3 Å². The summed E-state index contributed by atoms with van der Waals surface area (Å²) in [5, 5.41) is 2.92. The van der Waals surface area contributed by atoms with Crippen molar-refractivity contribution in [2.75, 3.05) is 52.5 Å². The van der Waals surface area contributed by atoms with E-state index in [0.29, 0.717) is 25.3 Å². The first kappa shape index (κ1) is 19.3. The molecule has 8 nitrogen and oxygen atoms in total. The highest BCUT2D eigenvalue weighted by molar-refractivity contribution is 5.92. The standard InChI is InChI=1S/C17H27N5O3/c1-2-22(17(24)15-14-18-6-7-19-15)9-4-16(23)20-5-3-8-21-10-12-25-13-11-21/h6-7,14H,2-5,8-13H2,1H3,(H,20,23). The number of morpholine rings is 1. The molecule has 2 heterocycles. The molecule has 1 saturated heterocycles. The van der Waals surface area contributed by atoms with Crippen LogP contribution in [0.4, 0.5) is 0 Å². The van der Waals surface area contributed by atoms with Crippen LogP contribution in [0.15, 0.2) is 18.6 Å². The van der Waals surface area contributed by atoms with Crippen molar-refractivity contribution in [3.63, 3.8) is 0 Å². The normalized spacial score (nSPS) is 14.9. The van der Waals surface area contributed by atoms with E-state index in [4.69, 9.17) is 4.74 Å². The Balaban J connectivity index is 1.63. The second kappa shape index (κ2) is 10.7. The predicted octanol–water partition coefficient (Wildman–Crippen LogP) is 0.167. The van der Waals surface area contributed by atoms with Crippen LogP contribution in [0, 0.1) is 0 Å². The summed E-state index contributed by atoms with van der Waals surface area (Å²) in [6, 6.07) is 0. The lowest BCUT2D eigenvalue weighted by Crippen LogP contribution is -2.38. The van der Waals surface area contributed by atoms with Crippen LogP contribution in [0.3, 0.4) is 0 Å². The molecule has 25 heavy (non-hydrogen) atoms. The topological polar surface area (TPSA) is 87.7 Å². The first-order valence-corrected chi connectivity index (χ1v) is 8.82. The molecule has 0 aliphatic carbocycles.